The quantitative estimate of drug-likeness (QED) is 0.402. The van der Waals surface area contributed by atoms with E-state index in [2.05, 4.69) is 13.5 Å². The maximum atomic E-state index is 4.81. The summed E-state index contributed by atoms with van der Waals surface area (Å²) in [6.45, 7) is 7.20. The normalized spacial score (nSPS) is 10.3. The highest BCUT2D eigenvalue weighted by atomic mass is 16.5. The molecule has 0 atom stereocenters. The summed E-state index contributed by atoms with van der Waals surface area (Å²) >= 11 is 0. The summed E-state index contributed by atoms with van der Waals surface area (Å²) in [5.41, 5.74) is 0. The smallest absolute Gasteiger partial charge is 0.0861 e. The van der Waals surface area contributed by atoms with Crippen LogP contribution in [0.2, 0.25) is 0 Å². The molecule has 11 heavy (non-hydrogen) atoms. The topological polar surface area (TPSA) is 9.23 Å². The summed E-state index contributed by atoms with van der Waals surface area (Å²) in [4.78, 5) is 0. The number of hydrogen-bond donors (Lipinski definition) is 0. The second kappa shape index (κ2) is 9.28. The Morgan fingerprint density at radius 1 is 1.18 bits per heavy atom. The fourth-order valence-corrected chi connectivity index (χ4v) is 0.795. The van der Waals surface area contributed by atoms with Gasteiger partial charge < -0.3 is 4.74 Å². The average Bonchev–Trinajstić information content (AvgIpc) is 2.03. The Morgan fingerprint density at radius 2 is 2.00 bits per heavy atom. The van der Waals surface area contributed by atoms with Gasteiger partial charge in [-0.2, -0.15) is 0 Å². The molecule has 1 heteroatoms. The minimum atomic E-state index is 1.05. The van der Waals surface area contributed by atoms with Gasteiger partial charge in [-0.05, 0) is 18.9 Å². The molecular formula is C10H17O. The minimum Gasteiger partial charge on any atom is -0.474 e. The Morgan fingerprint density at radius 3 is 2.64 bits per heavy atom. The van der Waals surface area contributed by atoms with E-state index >= 15 is 0 Å². The SMILES string of the molecule is [CH2]CCCCCC=COC=C. The standard InChI is InChI=1S/C10H17O/c1-3-5-6-7-8-9-10-11-4-2/h4,9-10H,1-3,5-8H2. The Bertz CT molecular complexity index is 105. The molecule has 0 heterocycles. The number of allylic oxidation sites excluding steroid dienone is 1. The van der Waals surface area contributed by atoms with Gasteiger partial charge in [0, 0.05) is 0 Å². The number of unbranched alkanes of at least 4 members (excludes halogenated alkanes) is 4. The molecule has 0 spiro atoms. The van der Waals surface area contributed by atoms with Gasteiger partial charge in [-0.15, -0.1) is 0 Å². The van der Waals surface area contributed by atoms with Crippen LogP contribution >= 0.6 is 0 Å². The van der Waals surface area contributed by atoms with Gasteiger partial charge in [0.25, 0.3) is 0 Å². The lowest BCUT2D eigenvalue weighted by atomic mass is 10.2. The molecule has 63 valence electrons. The van der Waals surface area contributed by atoms with E-state index in [-0.39, 0.29) is 0 Å². The lowest BCUT2D eigenvalue weighted by Gasteiger charge is -1.93. The van der Waals surface area contributed by atoms with Crippen LogP contribution in [0.5, 0.6) is 0 Å². The van der Waals surface area contributed by atoms with Gasteiger partial charge in [-0.1, -0.05) is 32.8 Å². The van der Waals surface area contributed by atoms with E-state index in [1.165, 1.54) is 25.5 Å². The largest absolute Gasteiger partial charge is 0.474 e. The van der Waals surface area contributed by atoms with E-state index < -0.39 is 0 Å². The van der Waals surface area contributed by atoms with Gasteiger partial charge in [-0.3, -0.25) is 0 Å². The van der Waals surface area contributed by atoms with Crippen molar-refractivity contribution < 1.29 is 4.74 Å². The van der Waals surface area contributed by atoms with Gasteiger partial charge in [0.05, 0.1) is 12.5 Å². The Hall–Kier alpha value is -0.720. The van der Waals surface area contributed by atoms with Crippen LogP contribution in [0.4, 0.5) is 0 Å². The Kier molecular flexibility index (Phi) is 8.67. The summed E-state index contributed by atoms with van der Waals surface area (Å²) in [6.07, 6.45) is 11.0. The van der Waals surface area contributed by atoms with E-state index in [1.54, 1.807) is 6.26 Å². The molecule has 0 saturated carbocycles. The van der Waals surface area contributed by atoms with Crippen LogP contribution in [0.15, 0.2) is 25.2 Å². The van der Waals surface area contributed by atoms with Crippen LogP contribution in [-0.4, -0.2) is 0 Å². The first-order valence-electron chi connectivity index (χ1n) is 4.12. The molecule has 0 N–H and O–H groups in total. The minimum absolute atomic E-state index is 1.05. The van der Waals surface area contributed by atoms with E-state index in [0.29, 0.717) is 0 Å². The van der Waals surface area contributed by atoms with E-state index in [9.17, 15) is 0 Å². The number of rotatable bonds is 7. The first-order chi connectivity index (χ1) is 5.41. The van der Waals surface area contributed by atoms with Crippen molar-refractivity contribution in [1.29, 1.82) is 0 Å². The molecular weight excluding hydrogens is 136 g/mol. The number of ether oxygens (including phenoxy) is 1. The molecule has 0 aromatic carbocycles. The van der Waals surface area contributed by atoms with Crippen LogP contribution < -0.4 is 0 Å². The van der Waals surface area contributed by atoms with Gasteiger partial charge in [0.2, 0.25) is 0 Å². The van der Waals surface area contributed by atoms with Gasteiger partial charge in [-0.25, -0.2) is 0 Å². The third kappa shape index (κ3) is 9.28. The summed E-state index contributed by atoms with van der Waals surface area (Å²) in [5, 5.41) is 0. The van der Waals surface area contributed by atoms with Gasteiger partial charge in [0.1, 0.15) is 0 Å². The molecule has 0 amide bonds. The van der Waals surface area contributed by atoms with Crippen LogP contribution in [0.3, 0.4) is 0 Å². The summed E-state index contributed by atoms with van der Waals surface area (Å²) in [7, 11) is 0. The average molecular weight is 153 g/mol. The zero-order valence-electron chi connectivity index (χ0n) is 7.09. The monoisotopic (exact) mass is 153 g/mol. The van der Waals surface area contributed by atoms with Crippen molar-refractivity contribution >= 4 is 0 Å². The maximum Gasteiger partial charge on any atom is 0.0861 e. The van der Waals surface area contributed by atoms with Crippen LogP contribution in [0, 0.1) is 6.92 Å². The molecule has 0 aliphatic rings. The van der Waals surface area contributed by atoms with Crippen molar-refractivity contribution in [2.75, 3.05) is 0 Å². The number of hydrogen-bond acceptors (Lipinski definition) is 1. The van der Waals surface area contributed by atoms with Crippen LogP contribution in [0.1, 0.15) is 32.1 Å². The van der Waals surface area contributed by atoms with Crippen molar-refractivity contribution in [3.8, 4) is 0 Å². The first kappa shape index (κ1) is 10.3. The zero-order chi connectivity index (χ0) is 8.36. The third-order valence-electron chi connectivity index (χ3n) is 1.39. The van der Waals surface area contributed by atoms with E-state index in [1.807, 2.05) is 6.08 Å². The molecule has 1 radical (unpaired) electrons. The predicted molar refractivity (Wildman–Crippen MR) is 48.9 cm³/mol. The highest BCUT2D eigenvalue weighted by Crippen LogP contribution is 2.02. The van der Waals surface area contributed by atoms with Gasteiger partial charge >= 0.3 is 0 Å². The summed E-state index contributed by atoms with van der Waals surface area (Å²) in [5.74, 6) is 0. The van der Waals surface area contributed by atoms with Gasteiger partial charge in [0.15, 0.2) is 0 Å². The van der Waals surface area contributed by atoms with Crippen molar-refractivity contribution in [3.63, 3.8) is 0 Å². The molecule has 0 saturated heterocycles. The molecule has 0 fully saturated rings. The summed E-state index contributed by atoms with van der Waals surface area (Å²) in [6, 6.07) is 0. The summed E-state index contributed by atoms with van der Waals surface area (Å²) < 4.78 is 4.81. The second-order valence-electron chi connectivity index (χ2n) is 2.38. The predicted octanol–water partition coefficient (Wildman–Crippen LogP) is 3.44. The first-order valence-corrected chi connectivity index (χ1v) is 4.12. The molecule has 0 aromatic heterocycles. The van der Waals surface area contributed by atoms with E-state index in [0.717, 1.165) is 12.8 Å². The molecule has 0 rings (SSSR count). The van der Waals surface area contributed by atoms with Crippen molar-refractivity contribution in [2.45, 2.75) is 32.1 Å². The highest BCUT2D eigenvalue weighted by molar-refractivity contribution is 4.75. The zero-order valence-corrected chi connectivity index (χ0v) is 7.09. The lowest BCUT2D eigenvalue weighted by molar-refractivity contribution is 0.402. The van der Waals surface area contributed by atoms with Crippen molar-refractivity contribution in [3.05, 3.63) is 32.1 Å². The second-order valence-corrected chi connectivity index (χ2v) is 2.38. The molecule has 0 aromatic rings. The highest BCUT2D eigenvalue weighted by Gasteiger charge is 1.83. The Labute approximate surface area is 69.8 Å². The molecule has 0 bridgehead atoms. The molecule has 1 nitrogen and oxygen atoms in total. The fraction of sp³-hybridized carbons (Fsp3) is 0.500. The molecule has 0 aliphatic heterocycles. The molecule has 0 unspecified atom stereocenters. The molecule has 0 aliphatic carbocycles. The van der Waals surface area contributed by atoms with Crippen LogP contribution in [0.25, 0.3) is 0 Å². The van der Waals surface area contributed by atoms with E-state index in [4.69, 9.17) is 4.74 Å². The van der Waals surface area contributed by atoms with Crippen molar-refractivity contribution in [2.24, 2.45) is 0 Å². The van der Waals surface area contributed by atoms with Crippen molar-refractivity contribution in [1.82, 2.24) is 0 Å². The maximum absolute atomic E-state index is 4.81. The van der Waals surface area contributed by atoms with Crippen LogP contribution in [-0.2, 0) is 4.74 Å². The Balaban J connectivity index is 2.94. The lowest BCUT2D eigenvalue weighted by Crippen LogP contribution is -1.74. The third-order valence-corrected chi connectivity index (χ3v) is 1.39. The fourth-order valence-electron chi connectivity index (χ4n) is 0.795.